The Kier molecular flexibility index (Phi) is 5.56. The van der Waals surface area contributed by atoms with Gasteiger partial charge in [-0.05, 0) is 29.8 Å². The van der Waals surface area contributed by atoms with Gasteiger partial charge in [0.05, 0.1) is 11.6 Å². The number of likely N-dealkylation sites (tertiary alicyclic amines) is 1. The lowest BCUT2D eigenvalue weighted by molar-refractivity contribution is -0.128. The summed E-state index contributed by atoms with van der Waals surface area (Å²) in [4.78, 5) is 26.9. The minimum atomic E-state index is -0.379. The molecule has 0 bridgehead atoms. The Labute approximate surface area is 169 Å². The molecule has 0 aromatic heterocycles. The predicted octanol–water partition coefficient (Wildman–Crippen LogP) is 4.47. The van der Waals surface area contributed by atoms with Crippen molar-refractivity contribution in [1.29, 1.82) is 0 Å². The number of para-hydroxylation sites is 3. The molecule has 29 heavy (non-hydrogen) atoms. The summed E-state index contributed by atoms with van der Waals surface area (Å²) in [7, 11) is 0. The van der Waals surface area contributed by atoms with Gasteiger partial charge >= 0.3 is 0 Å². The molecule has 3 aromatic carbocycles. The van der Waals surface area contributed by atoms with Crippen LogP contribution in [0.3, 0.4) is 0 Å². The molecule has 0 aliphatic carbocycles. The topological polar surface area (TPSA) is 58.6 Å². The molecule has 0 unspecified atom stereocenters. The fraction of sp³-hybridized carbons (Fsp3) is 0.167. The first-order valence-electron chi connectivity index (χ1n) is 9.63. The summed E-state index contributed by atoms with van der Waals surface area (Å²) in [5.41, 5.74) is 1.65. The Morgan fingerprint density at radius 3 is 2.34 bits per heavy atom. The van der Waals surface area contributed by atoms with Gasteiger partial charge in [-0.1, -0.05) is 60.7 Å². The quantitative estimate of drug-likeness (QED) is 0.680. The zero-order valence-corrected chi connectivity index (χ0v) is 16.0. The molecule has 5 nitrogen and oxygen atoms in total. The largest absolute Gasteiger partial charge is 0.455 e. The van der Waals surface area contributed by atoms with Crippen LogP contribution < -0.4 is 10.1 Å². The minimum absolute atomic E-state index is 0.00261. The molecule has 146 valence electrons. The van der Waals surface area contributed by atoms with Gasteiger partial charge in [-0.3, -0.25) is 9.59 Å². The van der Waals surface area contributed by atoms with Crippen LogP contribution in [-0.4, -0.2) is 23.3 Å². The second kappa shape index (κ2) is 8.61. The van der Waals surface area contributed by atoms with E-state index >= 15 is 0 Å². The van der Waals surface area contributed by atoms with Crippen LogP contribution in [0.2, 0.25) is 0 Å². The fourth-order valence-corrected chi connectivity index (χ4v) is 3.41. The molecule has 4 rings (SSSR count). The molecule has 1 aliphatic rings. The number of benzene rings is 3. The molecule has 1 atom stereocenters. The van der Waals surface area contributed by atoms with Crippen LogP contribution in [0.15, 0.2) is 84.9 Å². The summed E-state index contributed by atoms with van der Waals surface area (Å²) in [6.45, 7) is 0.943. The molecule has 1 aliphatic heterocycles. The van der Waals surface area contributed by atoms with Crippen molar-refractivity contribution >= 4 is 17.5 Å². The van der Waals surface area contributed by atoms with Gasteiger partial charge in [-0.25, -0.2) is 0 Å². The van der Waals surface area contributed by atoms with Crippen LogP contribution in [0.4, 0.5) is 5.69 Å². The van der Waals surface area contributed by atoms with Crippen LogP contribution in [0, 0.1) is 5.92 Å². The van der Waals surface area contributed by atoms with E-state index in [2.05, 4.69) is 5.32 Å². The predicted molar refractivity (Wildman–Crippen MR) is 112 cm³/mol. The first-order chi connectivity index (χ1) is 14.2. The second-order valence-corrected chi connectivity index (χ2v) is 7.06. The first-order valence-corrected chi connectivity index (χ1v) is 9.63. The van der Waals surface area contributed by atoms with Gasteiger partial charge in [0.15, 0.2) is 5.75 Å². The molecule has 0 spiro atoms. The van der Waals surface area contributed by atoms with Crippen molar-refractivity contribution in [3.8, 4) is 11.5 Å². The Morgan fingerprint density at radius 1 is 0.931 bits per heavy atom. The number of anilines is 1. The third kappa shape index (κ3) is 4.63. The van der Waals surface area contributed by atoms with Gasteiger partial charge < -0.3 is 15.0 Å². The van der Waals surface area contributed by atoms with Crippen molar-refractivity contribution < 1.29 is 14.3 Å². The van der Waals surface area contributed by atoms with Gasteiger partial charge in [0.2, 0.25) is 11.8 Å². The van der Waals surface area contributed by atoms with E-state index in [0.29, 0.717) is 30.3 Å². The number of carbonyl (C=O) groups excluding carboxylic acids is 2. The summed E-state index contributed by atoms with van der Waals surface area (Å²) in [5.74, 6) is 0.716. The molecular formula is C24H22N2O3. The monoisotopic (exact) mass is 386 g/mol. The molecular weight excluding hydrogens is 364 g/mol. The summed E-state index contributed by atoms with van der Waals surface area (Å²) in [6, 6.07) is 26.5. The van der Waals surface area contributed by atoms with Crippen LogP contribution in [-0.2, 0) is 16.1 Å². The van der Waals surface area contributed by atoms with Crippen molar-refractivity contribution in [2.75, 3.05) is 11.9 Å². The Morgan fingerprint density at radius 2 is 1.59 bits per heavy atom. The average molecular weight is 386 g/mol. The summed E-state index contributed by atoms with van der Waals surface area (Å²) in [5, 5.41) is 2.93. The molecule has 2 amide bonds. The summed E-state index contributed by atoms with van der Waals surface area (Å²) in [6.07, 6.45) is 0.223. The maximum Gasteiger partial charge on any atom is 0.229 e. The highest BCUT2D eigenvalue weighted by atomic mass is 16.5. The fourth-order valence-electron chi connectivity index (χ4n) is 3.41. The number of amides is 2. The SMILES string of the molecule is O=C(Nc1ccccc1Oc1ccccc1)[C@H]1CC(=O)N(Cc2ccccc2)C1. The maximum absolute atomic E-state index is 12.8. The van der Waals surface area contributed by atoms with Gasteiger partial charge in [0.1, 0.15) is 5.75 Å². The highest BCUT2D eigenvalue weighted by molar-refractivity contribution is 5.98. The zero-order valence-electron chi connectivity index (χ0n) is 16.0. The number of ether oxygens (including phenoxy) is 1. The maximum atomic E-state index is 12.8. The molecule has 1 fully saturated rings. The van der Waals surface area contributed by atoms with Crippen molar-refractivity contribution in [1.82, 2.24) is 4.90 Å². The van der Waals surface area contributed by atoms with E-state index in [1.165, 1.54) is 0 Å². The number of rotatable bonds is 6. The number of nitrogens with zero attached hydrogens (tertiary/aromatic N) is 1. The van der Waals surface area contributed by atoms with E-state index in [0.717, 1.165) is 5.56 Å². The number of carbonyl (C=O) groups is 2. The van der Waals surface area contributed by atoms with E-state index < -0.39 is 0 Å². The first kappa shape index (κ1) is 18.7. The van der Waals surface area contributed by atoms with E-state index in [4.69, 9.17) is 4.74 Å². The number of hydrogen-bond acceptors (Lipinski definition) is 3. The Bertz CT molecular complexity index is 989. The van der Waals surface area contributed by atoms with Gasteiger partial charge in [-0.2, -0.15) is 0 Å². The van der Waals surface area contributed by atoms with Crippen molar-refractivity contribution in [2.24, 2.45) is 5.92 Å². The highest BCUT2D eigenvalue weighted by Crippen LogP contribution is 2.30. The van der Waals surface area contributed by atoms with E-state index in [9.17, 15) is 9.59 Å². The lowest BCUT2D eigenvalue weighted by atomic mass is 10.1. The molecule has 5 heteroatoms. The third-order valence-electron chi connectivity index (χ3n) is 4.92. The standard InChI is InChI=1S/C24H22N2O3/c27-23-15-19(17-26(23)16-18-9-3-1-4-10-18)24(28)25-21-13-7-8-14-22(21)29-20-11-5-2-6-12-20/h1-14,19H,15-17H2,(H,25,28)/t19-/m0/s1. The minimum Gasteiger partial charge on any atom is -0.455 e. The van der Waals surface area contributed by atoms with Crippen LogP contribution in [0.1, 0.15) is 12.0 Å². The van der Waals surface area contributed by atoms with Gasteiger partial charge in [0.25, 0.3) is 0 Å². The summed E-state index contributed by atoms with van der Waals surface area (Å²) >= 11 is 0. The lowest BCUT2D eigenvalue weighted by Gasteiger charge is -2.17. The van der Waals surface area contributed by atoms with Crippen LogP contribution in [0.25, 0.3) is 0 Å². The zero-order chi connectivity index (χ0) is 20.1. The molecule has 0 saturated carbocycles. The lowest BCUT2D eigenvalue weighted by Crippen LogP contribution is -2.28. The van der Waals surface area contributed by atoms with E-state index in [1.807, 2.05) is 78.9 Å². The highest BCUT2D eigenvalue weighted by Gasteiger charge is 2.34. The molecule has 3 aromatic rings. The number of nitrogens with one attached hydrogen (secondary N) is 1. The smallest absolute Gasteiger partial charge is 0.229 e. The molecule has 1 saturated heterocycles. The average Bonchev–Trinajstić information content (AvgIpc) is 3.11. The van der Waals surface area contributed by atoms with Crippen LogP contribution in [0.5, 0.6) is 11.5 Å². The number of hydrogen-bond donors (Lipinski definition) is 1. The van der Waals surface area contributed by atoms with Gasteiger partial charge in [0, 0.05) is 19.5 Å². The Balaban J connectivity index is 1.42. The molecule has 1 N–H and O–H groups in total. The molecule has 0 radical (unpaired) electrons. The van der Waals surface area contributed by atoms with E-state index in [1.54, 1.807) is 11.0 Å². The van der Waals surface area contributed by atoms with Crippen molar-refractivity contribution in [3.63, 3.8) is 0 Å². The van der Waals surface area contributed by atoms with Crippen molar-refractivity contribution in [2.45, 2.75) is 13.0 Å². The van der Waals surface area contributed by atoms with Gasteiger partial charge in [-0.15, -0.1) is 0 Å². The third-order valence-corrected chi connectivity index (χ3v) is 4.92. The Hall–Kier alpha value is -3.60. The second-order valence-electron chi connectivity index (χ2n) is 7.06. The summed E-state index contributed by atoms with van der Waals surface area (Å²) < 4.78 is 5.90. The van der Waals surface area contributed by atoms with Crippen LogP contribution >= 0.6 is 0 Å². The normalized spacial score (nSPS) is 15.9. The van der Waals surface area contributed by atoms with E-state index in [-0.39, 0.29) is 24.2 Å². The molecule has 1 heterocycles. The van der Waals surface area contributed by atoms with Crippen molar-refractivity contribution in [3.05, 3.63) is 90.5 Å².